The Labute approximate surface area is 182 Å². The Bertz CT molecular complexity index is 808. The molecule has 29 heavy (non-hydrogen) atoms. The summed E-state index contributed by atoms with van der Waals surface area (Å²) >= 11 is 10.9. The highest BCUT2D eigenvalue weighted by atomic mass is 32.1. The third-order valence-corrected chi connectivity index (χ3v) is 5.28. The highest BCUT2D eigenvalue weighted by molar-refractivity contribution is 7.80. The van der Waals surface area contributed by atoms with Crippen LogP contribution in [0.1, 0.15) is 32.3 Å². The molecule has 1 aliphatic rings. The molecule has 0 heterocycles. The van der Waals surface area contributed by atoms with E-state index in [0.29, 0.717) is 23.1 Å². The molecule has 0 spiro atoms. The van der Waals surface area contributed by atoms with E-state index in [1.165, 1.54) is 0 Å². The first-order valence-corrected chi connectivity index (χ1v) is 10.4. The fraction of sp³-hybridized carbons (Fsp3) is 0.333. The number of rotatable bonds is 6. The lowest BCUT2D eigenvalue weighted by molar-refractivity contribution is -0.132. The van der Waals surface area contributed by atoms with Crippen LogP contribution in [0.2, 0.25) is 0 Å². The molecule has 1 aliphatic carbocycles. The monoisotopic (exact) mass is 430 g/mol. The van der Waals surface area contributed by atoms with Gasteiger partial charge >= 0.3 is 0 Å². The normalized spacial score (nSPS) is 14.8. The van der Waals surface area contributed by atoms with Gasteiger partial charge in [-0.05, 0) is 20.3 Å². The zero-order chi connectivity index (χ0) is 21.2. The highest BCUT2D eigenvalue weighted by Crippen LogP contribution is 2.15. The Morgan fingerprint density at radius 1 is 1.00 bits per heavy atom. The van der Waals surface area contributed by atoms with Crippen LogP contribution in [-0.4, -0.2) is 44.9 Å². The molecular weight excluding hydrogens is 404 g/mol. The third-order valence-electron chi connectivity index (χ3n) is 4.30. The molecule has 154 valence electrons. The van der Waals surface area contributed by atoms with Crippen molar-refractivity contribution in [3.05, 3.63) is 60.2 Å². The molecule has 1 aromatic rings. The van der Waals surface area contributed by atoms with Crippen molar-refractivity contribution >= 4 is 46.2 Å². The molecule has 1 atom stereocenters. The Balaban J connectivity index is 1.89. The number of allylic oxidation sites excluding steroid dienone is 3. The fourth-order valence-corrected chi connectivity index (χ4v) is 3.45. The molecule has 0 saturated carbocycles. The van der Waals surface area contributed by atoms with Gasteiger partial charge in [-0.15, -0.1) is 0 Å². The summed E-state index contributed by atoms with van der Waals surface area (Å²) in [7, 11) is 0. The Morgan fingerprint density at radius 2 is 1.62 bits per heavy atom. The fourth-order valence-electron chi connectivity index (χ4n) is 2.79. The van der Waals surface area contributed by atoms with E-state index in [4.69, 9.17) is 24.4 Å². The molecule has 6 nitrogen and oxygen atoms in total. The van der Waals surface area contributed by atoms with Crippen LogP contribution in [-0.2, 0) is 9.59 Å². The minimum atomic E-state index is -0.440. The topological polar surface area (TPSA) is 64.7 Å². The van der Waals surface area contributed by atoms with E-state index in [2.05, 4.69) is 10.9 Å². The van der Waals surface area contributed by atoms with E-state index >= 15 is 0 Å². The van der Waals surface area contributed by atoms with E-state index < -0.39 is 11.8 Å². The second-order valence-electron chi connectivity index (χ2n) is 6.40. The van der Waals surface area contributed by atoms with Crippen molar-refractivity contribution in [1.29, 1.82) is 0 Å². The molecule has 8 heteroatoms. The van der Waals surface area contributed by atoms with Crippen LogP contribution in [0.5, 0.6) is 0 Å². The Morgan fingerprint density at radius 3 is 2.17 bits per heavy atom. The summed E-state index contributed by atoms with van der Waals surface area (Å²) in [5, 5.41) is 3.17. The Kier molecular flexibility index (Phi) is 8.95. The van der Waals surface area contributed by atoms with E-state index in [-0.39, 0.29) is 12.3 Å². The number of carbonyl (C=O) groups excluding carboxylic acids is 2. The number of amides is 2. The molecule has 0 radical (unpaired) electrons. The Hall–Kier alpha value is -2.58. The molecule has 2 N–H and O–H groups in total. The van der Waals surface area contributed by atoms with Crippen LogP contribution in [0, 0.1) is 5.92 Å². The van der Waals surface area contributed by atoms with Crippen molar-refractivity contribution in [2.45, 2.75) is 26.7 Å². The smallest absolute Gasteiger partial charge is 0.248 e. The summed E-state index contributed by atoms with van der Waals surface area (Å²) in [6.45, 7) is 4.76. The minimum absolute atomic E-state index is 0.0582. The van der Waals surface area contributed by atoms with Crippen molar-refractivity contribution in [1.82, 2.24) is 20.9 Å². The lowest BCUT2D eigenvalue weighted by Crippen LogP contribution is -2.50. The van der Waals surface area contributed by atoms with E-state index in [9.17, 15) is 9.59 Å². The highest BCUT2D eigenvalue weighted by Gasteiger charge is 2.21. The van der Waals surface area contributed by atoms with Gasteiger partial charge in [-0.2, -0.15) is 0 Å². The van der Waals surface area contributed by atoms with Gasteiger partial charge in [-0.3, -0.25) is 30.5 Å². The number of nitrogens with one attached hydrogen (secondary N) is 2. The number of nitrogens with zero attached hydrogens (tertiary/aromatic N) is 2. The van der Waals surface area contributed by atoms with Gasteiger partial charge in [-0.1, -0.05) is 79.1 Å². The summed E-state index contributed by atoms with van der Waals surface area (Å²) in [5.74, 6) is -0.809. The van der Waals surface area contributed by atoms with Crippen LogP contribution in [0.25, 0.3) is 0 Å². The van der Waals surface area contributed by atoms with Crippen LogP contribution in [0.3, 0.4) is 0 Å². The first-order chi connectivity index (χ1) is 14.0. The summed E-state index contributed by atoms with van der Waals surface area (Å²) in [5.41, 5.74) is 6.26. The van der Waals surface area contributed by atoms with Gasteiger partial charge in [-0.25, -0.2) is 0 Å². The van der Waals surface area contributed by atoms with Gasteiger partial charge in [0.15, 0.2) is 0 Å². The number of thiocarbonyl (C=S) groups is 2. The number of hydrogen-bond donors (Lipinski definition) is 2. The predicted molar refractivity (Wildman–Crippen MR) is 123 cm³/mol. The first-order valence-electron chi connectivity index (χ1n) is 9.56. The number of benzene rings is 1. The van der Waals surface area contributed by atoms with Gasteiger partial charge in [0.2, 0.25) is 11.8 Å². The molecule has 0 aromatic heterocycles. The standard InChI is InChI=1S/C21H26N4O2S2/c1-3-24(20(28)16-11-7-5-8-12-16)22-18(26)15-19(27)23-25(4-2)21(29)17-13-9-6-10-14-17/h5-13,17H,3-4,14-15H2,1-2H3,(H,22,26)(H,23,27). The van der Waals surface area contributed by atoms with Crippen LogP contribution in [0.15, 0.2) is 54.6 Å². The second kappa shape index (κ2) is 11.4. The maximum Gasteiger partial charge on any atom is 0.248 e. The maximum atomic E-state index is 12.4. The maximum absolute atomic E-state index is 12.4. The largest absolute Gasteiger partial charge is 0.279 e. The van der Waals surface area contributed by atoms with E-state index in [1.807, 2.05) is 68.5 Å². The van der Waals surface area contributed by atoms with Crippen molar-refractivity contribution in [3.8, 4) is 0 Å². The molecule has 1 unspecified atom stereocenters. The minimum Gasteiger partial charge on any atom is -0.279 e. The van der Waals surface area contributed by atoms with Gasteiger partial charge in [0.05, 0.1) is 0 Å². The van der Waals surface area contributed by atoms with Crippen molar-refractivity contribution < 1.29 is 9.59 Å². The molecule has 2 amide bonds. The van der Waals surface area contributed by atoms with Crippen molar-refractivity contribution in [3.63, 3.8) is 0 Å². The molecule has 1 aromatic carbocycles. The quantitative estimate of drug-likeness (QED) is 0.411. The molecule has 0 aliphatic heterocycles. The summed E-state index contributed by atoms with van der Waals surface area (Å²) < 4.78 is 0. The molecule has 0 saturated heterocycles. The van der Waals surface area contributed by atoms with Gasteiger partial charge in [0.25, 0.3) is 0 Å². The zero-order valence-corrected chi connectivity index (χ0v) is 18.3. The lowest BCUT2D eigenvalue weighted by Gasteiger charge is -2.28. The second-order valence-corrected chi connectivity index (χ2v) is 7.20. The van der Waals surface area contributed by atoms with E-state index in [0.717, 1.165) is 12.0 Å². The van der Waals surface area contributed by atoms with Crippen LogP contribution >= 0.6 is 24.4 Å². The molecular formula is C21H26N4O2S2. The lowest BCUT2D eigenvalue weighted by atomic mass is 10.0. The van der Waals surface area contributed by atoms with Gasteiger partial charge < -0.3 is 0 Å². The summed E-state index contributed by atoms with van der Waals surface area (Å²) in [4.78, 5) is 25.8. The summed E-state index contributed by atoms with van der Waals surface area (Å²) in [6, 6.07) is 9.40. The number of carbonyl (C=O) groups is 2. The first kappa shape index (κ1) is 22.7. The molecule has 0 fully saturated rings. The van der Waals surface area contributed by atoms with Crippen molar-refractivity contribution in [2.75, 3.05) is 13.1 Å². The molecule has 2 rings (SSSR count). The SMILES string of the molecule is CCN(NC(=O)CC(=O)NN(CC)C(=S)C1C=CC=CC1)C(=S)c1ccccc1. The van der Waals surface area contributed by atoms with Crippen molar-refractivity contribution in [2.24, 2.45) is 5.92 Å². The molecule has 0 bridgehead atoms. The van der Waals surface area contributed by atoms with Gasteiger partial charge in [0.1, 0.15) is 16.4 Å². The average molecular weight is 431 g/mol. The predicted octanol–water partition coefficient (Wildman–Crippen LogP) is 2.92. The number of hydrazine groups is 2. The van der Waals surface area contributed by atoms with E-state index in [1.54, 1.807) is 10.0 Å². The average Bonchev–Trinajstić information content (AvgIpc) is 2.76. The zero-order valence-electron chi connectivity index (χ0n) is 16.6. The third kappa shape index (κ3) is 6.76. The summed E-state index contributed by atoms with van der Waals surface area (Å²) in [6.07, 6.45) is 8.43. The van der Waals surface area contributed by atoms with Gasteiger partial charge in [0, 0.05) is 24.6 Å². The van der Waals surface area contributed by atoms with Crippen LogP contribution < -0.4 is 10.9 Å². The number of hydrogen-bond acceptors (Lipinski definition) is 4. The van der Waals surface area contributed by atoms with Crippen LogP contribution in [0.4, 0.5) is 0 Å².